The maximum atomic E-state index is 14.2. The Kier molecular flexibility index (Phi) is 8.42. The Morgan fingerprint density at radius 2 is 1.80 bits per heavy atom. The number of nitrogens with one attached hydrogen (secondary N) is 1. The maximum Gasteiger partial charge on any atom is 0.490 e. The summed E-state index contributed by atoms with van der Waals surface area (Å²) in [5, 5.41) is 14.6. The van der Waals surface area contributed by atoms with Crippen molar-refractivity contribution in [3.05, 3.63) is 34.9 Å². The minimum absolute atomic E-state index is 0.0446. The fraction of sp³-hybridized carbons (Fsp3) is 0.571. The highest BCUT2D eigenvalue weighted by molar-refractivity contribution is 6.30. The average Bonchev–Trinajstić information content (AvgIpc) is 3.22. The van der Waals surface area contributed by atoms with Gasteiger partial charge in [0.05, 0.1) is 6.54 Å². The molecule has 2 fully saturated rings. The number of aromatic amines is 1. The molecule has 3 heterocycles. The van der Waals surface area contributed by atoms with Gasteiger partial charge in [0.1, 0.15) is 0 Å². The second-order valence-electron chi connectivity index (χ2n) is 8.59. The van der Waals surface area contributed by atoms with Crippen molar-refractivity contribution in [1.82, 2.24) is 20.1 Å². The molecule has 0 bridgehead atoms. The monoisotopic (exact) mass is 524 g/mol. The SMILES string of the molecule is Nc1nc(N2CCC(N3CC(F)(F)CC[C@@H]3Cc3ccc(Cl)cc3)CC2)n[nH]1.O=C(O)C(F)(F)F. The molecule has 4 N–H and O–H groups in total. The van der Waals surface area contributed by atoms with Gasteiger partial charge in [0.15, 0.2) is 0 Å². The molecule has 1 aromatic heterocycles. The van der Waals surface area contributed by atoms with Crippen LogP contribution in [-0.2, 0) is 11.2 Å². The van der Waals surface area contributed by atoms with Crippen molar-refractivity contribution in [3.63, 3.8) is 0 Å². The number of carboxylic acids is 1. The number of hydrogen-bond acceptors (Lipinski definition) is 6. The number of nitrogens with zero attached hydrogens (tertiary/aromatic N) is 4. The number of rotatable bonds is 4. The van der Waals surface area contributed by atoms with E-state index in [2.05, 4.69) is 20.1 Å². The molecule has 0 saturated carbocycles. The molecule has 0 radical (unpaired) electrons. The molecule has 0 amide bonds. The summed E-state index contributed by atoms with van der Waals surface area (Å²) in [6.07, 6.45) is -2.24. The van der Waals surface area contributed by atoms with Gasteiger partial charge in [-0.15, -0.1) is 5.10 Å². The molecular weight excluding hydrogens is 499 g/mol. The summed E-state index contributed by atoms with van der Waals surface area (Å²) in [6.45, 7) is 1.30. The lowest BCUT2D eigenvalue weighted by Gasteiger charge is -2.46. The molecule has 2 aliphatic heterocycles. The van der Waals surface area contributed by atoms with Crippen LogP contribution in [-0.4, -0.2) is 75.0 Å². The number of nitrogens with two attached hydrogens (primary N) is 1. The Hall–Kier alpha value is -2.67. The van der Waals surface area contributed by atoms with Gasteiger partial charge in [-0.25, -0.2) is 18.7 Å². The number of likely N-dealkylation sites (tertiary alicyclic amines) is 1. The summed E-state index contributed by atoms with van der Waals surface area (Å²) in [5.74, 6) is -4.51. The largest absolute Gasteiger partial charge is 0.490 e. The van der Waals surface area contributed by atoms with Crippen molar-refractivity contribution in [2.24, 2.45) is 0 Å². The lowest BCUT2D eigenvalue weighted by Crippen LogP contribution is -2.56. The van der Waals surface area contributed by atoms with Crippen molar-refractivity contribution in [2.45, 2.75) is 56.3 Å². The van der Waals surface area contributed by atoms with Crippen LogP contribution in [0.3, 0.4) is 0 Å². The average molecular weight is 525 g/mol. The first-order valence-electron chi connectivity index (χ1n) is 10.9. The summed E-state index contributed by atoms with van der Waals surface area (Å²) < 4.78 is 60.2. The fourth-order valence-corrected chi connectivity index (χ4v) is 4.49. The number of aromatic nitrogens is 3. The van der Waals surface area contributed by atoms with Crippen LogP contribution in [0.1, 0.15) is 31.2 Å². The minimum atomic E-state index is -5.08. The van der Waals surface area contributed by atoms with Crippen LogP contribution in [0.5, 0.6) is 0 Å². The fourth-order valence-electron chi connectivity index (χ4n) is 4.36. The molecule has 0 spiro atoms. The summed E-state index contributed by atoms with van der Waals surface area (Å²) in [5.41, 5.74) is 6.74. The summed E-state index contributed by atoms with van der Waals surface area (Å²) in [7, 11) is 0. The van der Waals surface area contributed by atoms with Crippen LogP contribution in [0.15, 0.2) is 24.3 Å². The number of halogens is 6. The third-order valence-corrected chi connectivity index (χ3v) is 6.31. The van der Waals surface area contributed by atoms with Gasteiger partial charge in [-0.3, -0.25) is 4.90 Å². The van der Waals surface area contributed by atoms with Gasteiger partial charge >= 0.3 is 12.1 Å². The van der Waals surface area contributed by atoms with Gasteiger partial charge in [-0.2, -0.15) is 18.2 Å². The predicted molar refractivity (Wildman–Crippen MR) is 120 cm³/mol. The van der Waals surface area contributed by atoms with Crippen LogP contribution in [0, 0.1) is 0 Å². The van der Waals surface area contributed by atoms with Crippen LogP contribution in [0.4, 0.5) is 33.8 Å². The number of piperidine rings is 2. The highest BCUT2D eigenvalue weighted by Gasteiger charge is 2.43. The van der Waals surface area contributed by atoms with E-state index in [0.29, 0.717) is 17.4 Å². The van der Waals surface area contributed by atoms with Gasteiger partial charge in [0.25, 0.3) is 5.92 Å². The highest BCUT2D eigenvalue weighted by atomic mass is 35.5. The second kappa shape index (κ2) is 10.9. The summed E-state index contributed by atoms with van der Waals surface area (Å²) in [4.78, 5) is 17.2. The van der Waals surface area contributed by atoms with E-state index in [1.807, 2.05) is 29.2 Å². The Morgan fingerprint density at radius 1 is 1.20 bits per heavy atom. The van der Waals surface area contributed by atoms with Crippen molar-refractivity contribution in [3.8, 4) is 0 Å². The molecule has 4 rings (SSSR count). The molecular formula is C21H26ClF5N6O2. The van der Waals surface area contributed by atoms with E-state index in [9.17, 15) is 22.0 Å². The molecule has 2 aromatic rings. The van der Waals surface area contributed by atoms with Crippen LogP contribution in [0.2, 0.25) is 5.02 Å². The number of carboxylic acid groups (broad SMARTS) is 1. The van der Waals surface area contributed by atoms with E-state index >= 15 is 0 Å². The number of alkyl halides is 5. The number of carbonyl (C=O) groups is 1. The molecule has 14 heteroatoms. The number of hydrogen-bond donors (Lipinski definition) is 3. The molecule has 1 aromatic carbocycles. The minimum Gasteiger partial charge on any atom is -0.475 e. The first kappa shape index (κ1) is 26.9. The third-order valence-electron chi connectivity index (χ3n) is 6.06. The maximum absolute atomic E-state index is 14.2. The van der Waals surface area contributed by atoms with E-state index in [1.54, 1.807) is 0 Å². The molecule has 35 heavy (non-hydrogen) atoms. The Bertz CT molecular complexity index is 979. The topological polar surface area (TPSA) is 111 Å². The van der Waals surface area contributed by atoms with E-state index in [1.165, 1.54) is 0 Å². The highest BCUT2D eigenvalue weighted by Crippen LogP contribution is 2.35. The molecule has 0 unspecified atom stereocenters. The lowest BCUT2D eigenvalue weighted by atomic mass is 9.90. The first-order chi connectivity index (χ1) is 16.3. The van der Waals surface area contributed by atoms with E-state index in [-0.39, 0.29) is 31.0 Å². The van der Waals surface area contributed by atoms with Crippen molar-refractivity contribution >= 4 is 29.5 Å². The molecule has 2 saturated heterocycles. The Balaban J connectivity index is 0.000000429. The van der Waals surface area contributed by atoms with Gasteiger partial charge in [-0.1, -0.05) is 23.7 Å². The molecule has 1 atom stereocenters. The van der Waals surface area contributed by atoms with E-state index < -0.39 is 18.1 Å². The van der Waals surface area contributed by atoms with Gasteiger partial charge in [0.2, 0.25) is 11.9 Å². The number of nitrogen functional groups attached to an aromatic ring is 1. The van der Waals surface area contributed by atoms with E-state index in [4.69, 9.17) is 27.2 Å². The summed E-state index contributed by atoms with van der Waals surface area (Å²) >= 11 is 5.97. The van der Waals surface area contributed by atoms with Crippen LogP contribution < -0.4 is 10.6 Å². The number of anilines is 2. The lowest BCUT2D eigenvalue weighted by molar-refractivity contribution is -0.192. The number of benzene rings is 1. The third kappa shape index (κ3) is 7.66. The number of aliphatic carboxylic acids is 1. The number of H-pyrrole nitrogens is 1. The zero-order valence-electron chi connectivity index (χ0n) is 18.6. The predicted octanol–water partition coefficient (Wildman–Crippen LogP) is 3.98. The van der Waals surface area contributed by atoms with Crippen LogP contribution in [0.25, 0.3) is 0 Å². The molecule has 8 nitrogen and oxygen atoms in total. The van der Waals surface area contributed by atoms with Crippen molar-refractivity contribution < 1.29 is 31.9 Å². The zero-order chi connectivity index (χ0) is 25.8. The van der Waals surface area contributed by atoms with Crippen LogP contribution >= 0.6 is 11.6 Å². The smallest absolute Gasteiger partial charge is 0.475 e. The molecule has 194 valence electrons. The normalized spacial score (nSPS) is 21.3. The van der Waals surface area contributed by atoms with Crippen molar-refractivity contribution in [2.75, 3.05) is 30.3 Å². The zero-order valence-corrected chi connectivity index (χ0v) is 19.4. The van der Waals surface area contributed by atoms with Gasteiger partial charge in [0, 0.05) is 36.6 Å². The summed E-state index contributed by atoms with van der Waals surface area (Å²) in [6, 6.07) is 7.96. The van der Waals surface area contributed by atoms with E-state index in [0.717, 1.165) is 37.9 Å². The second-order valence-corrected chi connectivity index (χ2v) is 9.03. The van der Waals surface area contributed by atoms with Gasteiger partial charge in [-0.05, 0) is 43.4 Å². The quantitative estimate of drug-likeness (QED) is 0.519. The van der Waals surface area contributed by atoms with Gasteiger partial charge < -0.3 is 15.7 Å². The standard InChI is InChI=1S/C19H25ClF2N6.C2HF3O2/c20-14-3-1-13(2-4-14)11-16-5-8-19(21,22)12-28(16)15-6-9-27(10-7-15)18-24-17(23)25-26-18;3-2(4,5)1(6)7/h1-4,15-16H,5-12H2,(H3,23,24,25,26);(H,6,7)/t16-;/m1./s1. The Labute approximate surface area is 203 Å². The molecule has 2 aliphatic rings. The first-order valence-corrected chi connectivity index (χ1v) is 11.3. The molecule has 0 aliphatic carbocycles. The Morgan fingerprint density at radius 3 is 2.31 bits per heavy atom. The van der Waals surface area contributed by atoms with Crippen molar-refractivity contribution in [1.29, 1.82) is 0 Å².